The third-order valence-corrected chi connectivity index (χ3v) is 5.14. The van der Waals surface area contributed by atoms with Gasteiger partial charge in [0.05, 0.1) is 29.4 Å². The fourth-order valence-electron chi connectivity index (χ4n) is 3.03. The number of anilines is 1. The predicted molar refractivity (Wildman–Crippen MR) is 118 cm³/mol. The summed E-state index contributed by atoms with van der Waals surface area (Å²) in [6, 6.07) is 17.0. The Morgan fingerprint density at radius 2 is 1.39 bits per heavy atom. The molecule has 3 aromatic carbocycles. The van der Waals surface area contributed by atoms with Gasteiger partial charge in [0.2, 0.25) is 0 Å². The molecule has 0 saturated carbocycles. The van der Waals surface area contributed by atoms with E-state index in [9.17, 15) is 22.8 Å². The van der Waals surface area contributed by atoms with Crippen LogP contribution in [-0.2, 0) is 20.9 Å². The molecule has 3 rings (SSSR count). The molecule has 33 heavy (non-hydrogen) atoms. The van der Waals surface area contributed by atoms with E-state index in [1.54, 1.807) is 30.3 Å². The fourth-order valence-corrected chi connectivity index (χ4v) is 3.63. The van der Waals surface area contributed by atoms with E-state index in [-0.39, 0.29) is 28.0 Å². The van der Waals surface area contributed by atoms with Crippen molar-refractivity contribution in [3.63, 3.8) is 0 Å². The largest absolute Gasteiger partial charge is 0.573 e. The number of amides is 1. The van der Waals surface area contributed by atoms with Crippen LogP contribution in [0.1, 0.15) is 5.56 Å². The van der Waals surface area contributed by atoms with Crippen molar-refractivity contribution in [1.82, 2.24) is 0 Å². The van der Waals surface area contributed by atoms with Crippen LogP contribution in [0.4, 0.5) is 18.9 Å². The molecule has 0 aromatic heterocycles. The molecule has 0 saturated heterocycles. The summed E-state index contributed by atoms with van der Waals surface area (Å²) in [4.78, 5) is 25.7. The highest BCUT2D eigenvalue weighted by molar-refractivity contribution is 6.44. The average Bonchev–Trinajstić information content (AvgIpc) is 2.77. The van der Waals surface area contributed by atoms with Gasteiger partial charge in [-0.2, -0.15) is 0 Å². The summed E-state index contributed by atoms with van der Waals surface area (Å²) >= 11 is 12.5. The van der Waals surface area contributed by atoms with Crippen molar-refractivity contribution in [3.05, 3.63) is 82.3 Å². The first-order valence-corrected chi connectivity index (χ1v) is 10.1. The first kappa shape index (κ1) is 24.4. The van der Waals surface area contributed by atoms with Crippen molar-refractivity contribution in [2.24, 2.45) is 0 Å². The van der Waals surface area contributed by atoms with Crippen LogP contribution in [0.25, 0.3) is 11.1 Å². The maximum Gasteiger partial charge on any atom is 0.573 e. The number of hydrogen-bond acceptors (Lipinski definition) is 4. The van der Waals surface area contributed by atoms with Gasteiger partial charge < -0.3 is 9.47 Å². The first-order valence-electron chi connectivity index (χ1n) is 9.38. The van der Waals surface area contributed by atoms with Gasteiger partial charge in [-0.1, -0.05) is 65.7 Å². The molecule has 0 aliphatic heterocycles. The number of esters is 1. The summed E-state index contributed by atoms with van der Waals surface area (Å²) < 4.78 is 45.4. The van der Waals surface area contributed by atoms with Crippen molar-refractivity contribution in [2.75, 3.05) is 12.0 Å². The van der Waals surface area contributed by atoms with E-state index < -0.39 is 18.2 Å². The van der Waals surface area contributed by atoms with Gasteiger partial charge in [-0.25, -0.2) is 4.79 Å². The molecule has 1 amide bonds. The van der Waals surface area contributed by atoms with Crippen LogP contribution in [-0.4, -0.2) is 25.3 Å². The van der Waals surface area contributed by atoms with Crippen molar-refractivity contribution >= 4 is 40.8 Å². The van der Waals surface area contributed by atoms with Crippen molar-refractivity contribution in [2.45, 2.75) is 12.9 Å². The Morgan fingerprint density at radius 3 is 1.88 bits per heavy atom. The maximum absolute atomic E-state index is 12.6. The number of para-hydroxylation sites is 1. The highest BCUT2D eigenvalue weighted by Crippen LogP contribution is 2.35. The zero-order valence-corrected chi connectivity index (χ0v) is 18.5. The van der Waals surface area contributed by atoms with Gasteiger partial charge in [0, 0.05) is 0 Å². The molecule has 0 heterocycles. The summed E-state index contributed by atoms with van der Waals surface area (Å²) in [7, 11) is 1.09. The molecule has 172 valence electrons. The van der Waals surface area contributed by atoms with Crippen LogP contribution in [0.2, 0.25) is 10.0 Å². The number of carbonyl (C=O) groups excluding carboxylic acids is 2. The minimum Gasteiger partial charge on any atom is -0.462 e. The van der Waals surface area contributed by atoms with E-state index in [1.165, 1.54) is 36.4 Å². The normalized spacial score (nSPS) is 11.1. The van der Waals surface area contributed by atoms with Gasteiger partial charge in [-0.05, 0) is 41.0 Å². The Balaban J connectivity index is 1.85. The number of rotatable bonds is 5. The standard InChI is InChI=1S/C23H16Cl2F3NO4/c1-32-22(31)21(30)29(20-18(24)3-2-4-19(20)25)13-14-5-7-15(8-6-14)16-9-11-17(12-10-16)33-23(26,27)28/h2-12H,13H2,1H3. The summed E-state index contributed by atoms with van der Waals surface area (Å²) in [5, 5.41) is 0.357. The molecule has 0 unspecified atom stereocenters. The summed E-state index contributed by atoms with van der Waals surface area (Å²) in [6.45, 7) is -0.0317. The lowest BCUT2D eigenvalue weighted by Crippen LogP contribution is -2.37. The van der Waals surface area contributed by atoms with Gasteiger partial charge in [-0.15, -0.1) is 13.2 Å². The monoisotopic (exact) mass is 497 g/mol. The number of hydrogen-bond donors (Lipinski definition) is 0. The quantitative estimate of drug-likeness (QED) is 0.308. The van der Waals surface area contributed by atoms with Crippen molar-refractivity contribution < 1.29 is 32.2 Å². The van der Waals surface area contributed by atoms with Gasteiger partial charge in [-0.3, -0.25) is 9.69 Å². The zero-order chi connectivity index (χ0) is 24.2. The van der Waals surface area contributed by atoms with E-state index in [4.69, 9.17) is 23.2 Å². The third kappa shape index (κ3) is 6.18. The van der Waals surface area contributed by atoms with Crippen LogP contribution < -0.4 is 9.64 Å². The van der Waals surface area contributed by atoms with Crippen LogP contribution in [0.3, 0.4) is 0 Å². The van der Waals surface area contributed by atoms with Crippen LogP contribution >= 0.6 is 23.2 Å². The molecule has 0 fully saturated rings. The predicted octanol–water partition coefficient (Wildman–Crippen LogP) is 6.27. The SMILES string of the molecule is COC(=O)C(=O)N(Cc1ccc(-c2ccc(OC(F)(F)F)cc2)cc1)c1c(Cl)cccc1Cl. The molecular weight excluding hydrogens is 482 g/mol. The maximum atomic E-state index is 12.6. The van der Waals surface area contributed by atoms with Gasteiger partial charge in [0.1, 0.15) is 5.75 Å². The van der Waals surface area contributed by atoms with Gasteiger partial charge >= 0.3 is 18.2 Å². The zero-order valence-electron chi connectivity index (χ0n) is 17.0. The number of carbonyl (C=O) groups is 2. The fraction of sp³-hybridized carbons (Fsp3) is 0.130. The van der Waals surface area contributed by atoms with E-state index in [2.05, 4.69) is 9.47 Å². The summed E-state index contributed by atoms with van der Waals surface area (Å²) in [6.07, 6.45) is -4.76. The molecule has 0 spiro atoms. The second kappa shape index (κ2) is 10.1. The molecule has 10 heteroatoms. The number of methoxy groups -OCH3 is 1. The Morgan fingerprint density at radius 1 is 0.879 bits per heavy atom. The highest BCUT2D eigenvalue weighted by Gasteiger charge is 2.31. The number of ether oxygens (including phenoxy) is 2. The van der Waals surface area contributed by atoms with E-state index in [0.29, 0.717) is 11.1 Å². The Kier molecular flexibility index (Phi) is 7.50. The van der Waals surface area contributed by atoms with E-state index >= 15 is 0 Å². The number of halogens is 5. The Labute approximate surface area is 197 Å². The smallest absolute Gasteiger partial charge is 0.462 e. The molecule has 0 aliphatic rings. The lowest BCUT2D eigenvalue weighted by Gasteiger charge is -2.24. The molecule has 0 atom stereocenters. The molecule has 5 nitrogen and oxygen atoms in total. The minimum atomic E-state index is -4.76. The average molecular weight is 498 g/mol. The topological polar surface area (TPSA) is 55.8 Å². The van der Waals surface area contributed by atoms with Crippen LogP contribution in [0, 0.1) is 0 Å². The second-order valence-corrected chi connectivity index (χ2v) is 7.54. The number of alkyl halides is 3. The van der Waals surface area contributed by atoms with Crippen molar-refractivity contribution in [1.29, 1.82) is 0 Å². The Bertz CT molecular complexity index is 1130. The summed E-state index contributed by atoms with van der Waals surface area (Å²) in [5.41, 5.74) is 2.19. The molecule has 0 N–H and O–H groups in total. The molecule has 3 aromatic rings. The van der Waals surface area contributed by atoms with E-state index in [0.717, 1.165) is 17.6 Å². The van der Waals surface area contributed by atoms with Crippen molar-refractivity contribution in [3.8, 4) is 16.9 Å². The lowest BCUT2D eigenvalue weighted by atomic mass is 10.0. The van der Waals surface area contributed by atoms with E-state index in [1.807, 2.05) is 0 Å². The molecule has 0 radical (unpaired) electrons. The van der Waals surface area contributed by atoms with Gasteiger partial charge in [0.15, 0.2) is 0 Å². The van der Waals surface area contributed by atoms with Gasteiger partial charge in [0.25, 0.3) is 0 Å². The molecular formula is C23H16Cl2F3NO4. The highest BCUT2D eigenvalue weighted by atomic mass is 35.5. The molecule has 0 aliphatic carbocycles. The second-order valence-electron chi connectivity index (χ2n) is 6.72. The first-order chi connectivity index (χ1) is 15.6. The third-order valence-electron chi connectivity index (χ3n) is 4.53. The number of nitrogens with zero attached hydrogens (tertiary/aromatic N) is 1. The minimum absolute atomic E-state index is 0.0317. The summed E-state index contributed by atoms with van der Waals surface area (Å²) in [5.74, 6) is -2.35. The lowest BCUT2D eigenvalue weighted by molar-refractivity contribution is -0.274. The number of benzene rings is 3. The Hall–Kier alpha value is -3.23. The van der Waals surface area contributed by atoms with Crippen LogP contribution in [0.15, 0.2) is 66.7 Å². The van der Waals surface area contributed by atoms with Crippen LogP contribution in [0.5, 0.6) is 5.75 Å². The molecule has 0 bridgehead atoms.